The van der Waals surface area contributed by atoms with Crippen molar-refractivity contribution >= 4 is 35.0 Å². The number of hydrogen-bond acceptors (Lipinski definition) is 4. The molecule has 2 aromatic rings. The van der Waals surface area contributed by atoms with Crippen molar-refractivity contribution in [2.75, 3.05) is 0 Å². The number of phenolic OH excluding ortho intramolecular Hbond substituents is 1. The molecule has 2 rings (SSSR count). The fourth-order valence-electron chi connectivity index (χ4n) is 4.38. The highest BCUT2D eigenvalue weighted by molar-refractivity contribution is 6.42. The molecule has 0 amide bonds. The fourth-order valence-corrected chi connectivity index (χ4v) is 4.68. The van der Waals surface area contributed by atoms with E-state index in [1.54, 1.807) is 6.07 Å². The van der Waals surface area contributed by atoms with E-state index in [-0.39, 0.29) is 28.1 Å². The topological polar surface area (TPSA) is 63.6 Å². The zero-order valence-corrected chi connectivity index (χ0v) is 23.7. The summed E-state index contributed by atoms with van der Waals surface area (Å²) in [6, 6.07) is 8.76. The Kier molecular flexibility index (Phi) is 15.4. The molecule has 37 heavy (non-hydrogen) atoms. The van der Waals surface area contributed by atoms with Gasteiger partial charge < -0.3 is 9.84 Å². The maximum Gasteiger partial charge on any atom is 0.311 e. The summed E-state index contributed by atoms with van der Waals surface area (Å²) in [5.41, 5.74) is 0.406. The van der Waals surface area contributed by atoms with Gasteiger partial charge in [-0.1, -0.05) is 120 Å². The molecule has 0 bridgehead atoms. The molecule has 1 N–H and O–H groups in total. The number of carbonyl (C=O) groups is 2. The Morgan fingerprint density at radius 1 is 0.703 bits per heavy atom. The van der Waals surface area contributed by atoms with Crippen LogP contribution < -0.4 is 4.74 Å². The Morgan fingerprint density at radius 2 is 1.24 bits per heavy atom. The average molecular weight is 550 g/mol. The van der Waals surface area contributed by atoms with Crippen LogP contribution in [-0.4, -0.2) is 16.9 Å². The summed E-state index contributed by atoms with van der Waals surface area (Å²) in [5, 5.41) is 10.9. The van der Waals surface area contributed by atoms with Crippen molar-refractivity contribution in [3.8, 4) is 11.5 Å². The molecule has 0 radical (unpaired) electrons. The van der Waals surface area contributed by atoms with Crippen LogP contribution in [0.4, 0.5) is 0 Å². The summed E-state index contributed by atoms with van der Waals surface area (Å²) in [6.45, 7) is 2.26. The largest absolute Gasteiger partial charge is 0.507 e. The molecule has 0 fully saturated rings. The number of esters is 1. The first-order valence-electron chi connectivity index (χ1n) is 14.0. The van der Waals surface area contributed by atoms with Crippen molar-refractivity contribution in [3.05, 3.63) is 57.6 Å². The molecular formula is C31H42Cl2O4. The van der Waals surface area contributed by atoms with Crippen molar-refractivity contribution < 1.29 is 19.4 Å². The van der Waals surface area contributed by atoms with E-state index in [2.05, 4.69) is 6.92 Å². The summed E-state index contributed by atoms with van der Waals surface area (Å²) in [5.74, 6) is -0.771. The lowest BCUT2D eigenvalue weighted by Gasteiger charge is -2.08. The molecule has 2 aromatic carbocycles. The third-order valence-electron chi connectivity index (χ3n) is 6.61. The highest BCUT2D eigenvalue weighted by Gasteiger charge is 2.16. The van der Waals surface area contributed by atoms with Crippen molar-refractivity contribution in [1.29, 1.82) is 0 Å². The van der Waals surface area contributed by atoms with E-state index >= 15 is 0 Å². The third kappa shape index (κ3) is 12.4. The van der Waals surface area contributed by atoms with Crippen molar-refractivity contribution in [1.82, 2.24) is 0 Å². The Labute approximate surface area is 232 Å². The number of rotatable bonds is 19. The normalized spacial score (nSPS) is 11.0. The molecular weight excluding hydrogens is 507 g/mol. The van der Waals surface area contributed by atoms with Crippen LogP contribution in [0.3, 0.4) is 0 Å². The molecule has 0 aromatic heterocycles. The average Bonchev–Trinajstić information content (AvgIpc) is 2.87. The molecule has 0 spiro atoms. The van der Waals surface area contributed by atoms with Gasteiger partial charge in [0, 0.05) is 18.1 Å². The quantitative estimate of drug-likeness (QED) is 0.0820. The van der Waals surface area contributed by atoms with E-state index in [4.69, 9.17) is 27.9 Å². The monoisotopic (exact) mass is 548 g/mol. The lowest BCUT2D eigenvalue weighted by Crippen LogP contribution is -2.08. The van der Waals surface area contributed by atoms with Crippen molar-refractivity contribution in [3.63, 3.8) is 0 Å². The SMILES string of the molecule is CCCCCCCCCCCCCCCCCC(=O)Oc1ccc(C(=O)c2ccc(Cl)c(Cl)c2)c(O)c1. The minimum atomic E-state index is -0.397. The Hall–Kier alpha value is -2.04. The number of aromatic hydroxyl groups is 1. The zero-order chi connectivity index (χ0) is 26.9. The van der Waals surface area contributed by atoms with Crippen LogP contribution in [0.1, 0.15) is 126 Å². The first kappa shape index (κ1) is 31.2. The predicted molar refractivity (Wildman–Crippen MR) is 153 cm³/mol. The van der Waals surface area contributed by atoms with Gasteiger partial charge in [0.2, 0.25) is 0 Å². The van der Waals surface area contributed by atoms with Gasteiger partial charge in [-0.15, -0.1) is 0 Å². The maximum atomic E-state index is 12.7. The molecule has 204 valence electrons. The second-order valence-corrected chi connectivity index (χ2v) is 10.6. The van der Waals surface area contributed by atoms with Gasteiger partial charge in [0.25, 0.3) is 0 Å². The summed E-state index contributed by atoms with van der Waals surface area (Å²) < 4.78 is 5.34. The van der Waals surface area contributed by atoms with E-state index in [1.807, 2.05) is 0 Å². The fraction of sp³-hybridized carbons (Fsp3) is 0.548. The minimum Gasteiger partial charge on any atom is -0.507 e. The van der Waals surface area contributed by atoms with Crippen molar-refractivity contribution in [2.24, 2.45) is 0 Å². The number of carbonyl (C=O) groups excluding carboxylic acids is 2. The molecule has 0 atom stereocenters. The van der Waals surface area contributed by atoms with Gasteiger partial charge in [0.15, 0.2) is 5.78 Å². The third-order valence-corrected chi connectivity index (χ3v) is 7.35. The number of phenols is 1. The first-order valence-corrected chi connectivity index (χ1v) is 14.7. The van der Waals surface area contributed by atoms with E-state index in [1.165, 1.54) is 107 Å². The van der Waals surface area contributed by atoms with Gasteiger partial charge in [-0.2, -0.15) is 0 Å². The van der Waals surface area contributed by atoms with E-state index in [0.717, 1.165) is 19.3 Å². The number of ketones is 1. The molecule has 0 heterocycles. The van der Waals surface area contributed by atoms with Crippen LogP contribution in [0.15, 0.2) is 36.4 Å². The molecule has 0 aliphatic carbocycles. The number of halogens is 2. The molecule has 6 heteroatoms. The van der Waals surface area contributed by atoms with Gasteiger partial charge in [0.05, 0.1) is 15.6 Å². The van der Waals surface area contributed by atoms with Gasteiger partial charge >= 0.3 is 5.97 Å². The van der Waals surface area contributed by atoms with Crippen LogP contribution in [0, 0.1) is 0 Å². The number of unbranched alkanes of at least 4 members (excludes halogenated alkanes) is 14. The summed E-state index contributed by atoms with van der Waals surface area (Å²) >= 11 is 11.9. The van der Waals surface area contributed by atoms with Crippen LogP contribution in [0.2, 0.25) is 10.0 Å². The standard InChI is InChI=1S/C31H42Cl2O4/c1-2-3-4-5-6-7-8-9-10-11-12-13-14-15-16-17-30(35)37-25-19-20-26(29(34)23-25)31(36)24-18-21-27(32)28(33)22-24/h18-23,34H,2-17H2,1H3. The second kappa shape index (κ2) is 18.3. The number of benzene rings is 2. The van der Waals surface area contributed by atoms with E-state index in [0.29, 0.717) is 17.0 Å². The van der Waals surface area contributed by atoms with Gasteiger partial charge in [0.1, 0.15) is 11.5 Å². The zero-order valence-electron chi connectivity index (χ0n) is 22.2. The molecule has 4 nitrogen and oxygen atoms in total. The van der Waals surface area contributed by atoms with Crippen LogP contribution in [0.5, 0.6) is 11.5 Å². The molecule has 0 saturated carbocycles. The predicted octanol–water partition coefficient (Wildman–Crippen LogP) is 10.1. The molecule has 0 saturated heterocycles. The molecule has 0 unspecified atom stereocenters. The van der Waals surface area contributed by atoms with Gasteiger partial charge in [-0.05, 0) is 36.8 Å². The van der Waals surface area contributed by atoms with Crippen LogP contribution >= 0.6 is 23.2 Å². The lowest BCUT2D eigenvalue weighted by atomic mass is 10.0. The van der Waals surface area contributed by atoms with Gasteiger partial charge in [-0.3, -0.25) is 9.59 Å². The molecule has 0 aliphatic rings. The molecule has 0 aliphatic heterocycles. The van der Waals surface area contributed by atoms with Gasteiger partial charge in [-0.25, -0.2) is 0 Å². The van der Waals surface area contributed by atoms with Crippen LogP contribution in [-0.2, 0) is 4.79 Å². The Morgan fingerprint density at radius 3 is 1.76 bits per heavy atom. The summed E-state index contributed by atoms with van der Waals surface area (Å²) in [7, 11) is 0. The van der Waals surface area contributed by atoms with E-state index in [9.17, 15) is 14.7 Å². The van der Waals surface area contributed by atoms with Crippen molar-refractivity contribution in [2.45, 2.75) is 110 Å². The second-order valence-electron chi connectivity index (χ2n) is 9.81. The summed E-state index contributed by atoms with van der Waals surface area (Å²) in [4.78, 5) is 24.8. The Balaban J connectivity index is 1.55. The highest BCUT2D eigenvalue weighted by Crippen LogP contribution is 2.29. The van der Waals surface area contributed by atoms with E-state index < -0.39 is 5.78 Å². The lowest BCUT2D eigenvalue weighted by molar-refractivity contribution is -0.134. The maximum absolute atomic E-state index is 12.7. The first-order chi connectivity index (χ1) is 17.9. The highest BCUT2D eigenvalue weighted by atomic mass is 35.5. The van der Waals surface area contributed by atoms with Crippen LogP contribution in [0.25, 0.3) is 0 Å². The minimum absolute atomic E-state index is 0.0978. The number of ether oxygens (including phenoxy) is 1. The smallest absolute Gasteiger partial charge is 0.311 e. The summed E-state index contributed by atoms with van der Waals surface area (Å²) in [6.07, 6.45) is 19.4. The number of hydrogen-bond donors (Lipinski definition) is 1. The Bertz CT molecular complexity index is 974.